The number of rotatable bonds is 0. The van der Waals surface area contributed by atoms with Crippen LogP contribution in [0.5, 0.6) is 0 Å². The summed E-state index contributed by atoms with van der Waals surface area (Å²) in [4.78, 5) is 5.52. The zero-order valence-electron chi connectivity index (χ0n) is 13.4. The summed E-state index contributed by atoms with van der Waals surface area (Å²) in [5.74, 6) is 0. The normalized spacial score (nSPS) is 47.5. The van der Waals surface area contributed by atoms with Crippen molar-refractivity contribution in [2.24, 2.45) is 5.41 Å². The van der Waals surface area contributed by atoms with Crippen LogP contribution in [0.2, 0.25) is 0 Å². The minimum Gasteiger partial charge on any atom is -0.368 e. The van der Waals surface area contributed by atoms with Crippen molar-refractivity contribution in [1.29, 1.82) is 0 Å². The Morgan fingerprint density at radius 1 is 1.05 bits per heavy atom. The predicted molar refractivity (Wildman–Crippen MR) is 89.3 cm³/mol. The number of likely N-dealkylation sites (N-methyl/N-ethyl adjacent to an activating group) is 1. The Bertz CT molecular complexity index is 697. The molecule has 3 spiro atoms. The van der Waals surface area contributed by atoms with E-state index in [4.69, 9.17) is 0 Å². The average Bonchev–Trinajstić information content (AvgIpc) is 3.07. The molecule has 0 radical (unpaired) electrons. The van der Waals surface area contributed by atoms with Crippen molar-refractivity contribution in [2.45, 2.75) is 49.1 Å². The smallest absolute Gasteiger partial charge is 0.0512 e. The van der Waals surface area contributed by atoms with E-state index in [0.29, 0.717) is 16.4 Å². The number of nitrogens with zero attached hydrogens (tertiary/aromatic N) is 2. The lowest BCUT2D eigenvalue weighted by Gasteiger charge is -2.67. The number of anilines is 1. The van der Waals surface area contributed by atoms with E-state index in [1.807, 2.05) is 0 Å². The van der Waals surface area contributed by atoms with Crippen LogP contribution in [0.1, 0.15) is 37.7 Å². The zero-order valence-corrected chi connectivity index (χ0v) is 13.4. The molecule has 3 heterocycles. The second-order valence-corrected chi connectivity index (χ2v) is 8.36. The van der Waals surface area contributed by atoms with Gasteiger partial charge in [-0.2, -0.15) is 0 Å². The summed E-state index contributed by atoms with van der Waals surface area (Å²) in [7, 11) is 2.38. The van der Waals surface area contributed by atoms with Crippen LogP contribution in [0.25, 0.3) is 0 Å². The van der Waals surface area contributed by atoms with Crippen LogP contribution in [-0.4, -0.2) is 36.6 Å². The Kier molecular flexibility index (Phi) is 1.91. The highest BCUT2D eigenvalue weighted by Crippen LogP contribution is 2.73. The molecular formula is C20H24N2. The van der Waals surface area contributed by atoms with E-state index in [1.54, 1.807) is 5.56 Å². The highest BCUT2D eigenvalue weighted by atomic mass is 15.3. The minimum absolute atomic E-state index is 0.388. The van der Waals surface area contributed by atoms with Gasteiger partial charge in [0.05, 0.1) is 5.54 Å². The third-order valence-electron chi connectivity index (χ3n) is 8.19. The molecule has 2 atom stereocenters. The molecule has 22 heavy (non-hydrogen) atoms. The molecule has 2 heteroatoms. The molecule has 7 rings (SSSR count). The molecule has 1 saturated heterocycles. The van der Waals surface area contributed by atoms with Crippen molar-refractivity contribution < 1.29 is 0 Å². The lowest BCUT2D eigenvalue weighted by Crippen LogP contribution is -2.73. The van der Waals surface area contributed by atoms with E-state index >= 15 is 0 Å². The molecule has 1 aromatic carbocycles. The summed E-state index contributed by atoms with van der Waals surface area (Å²) in [5, 5.41) is 0. The molecule has 4 fully saturated rings. The van der Waals surface area contributed by atoms with Gasteiger partial charge in [-0.05, 0) is 50.3 Å². The monoisotopic (exact) mass is 292 g/mol. The van der Waals surface area contributed by atoms with Crippen LogP contribution in [0, 0.1) is 5.41 Å². The van der Waals surface area contributed by atoms with Crippen LogP contribution in [0.3, 0.4) is 0 Å². The van der Waals surface area contributed by atoms with Crippen molar-refractivity contribution in [3.05, 3.63) is 42.0 Å². The maximum atomic E-state index is 2.82. The first-order chi connectivity index (χ1) is 10.7. The Morgan fingerprint density at radius 2 is 1.86 bits per heavy atom. The molecule has 3 saturated carbocycles. The second-order valence-electron chi connectivity index (χ2n) is 8.36. The third-order valence-corrected chi connectivity index (χ3v) is 8.19. The molecule has 6 aliphatic rings. The van der Waals surface area contributed by atoms with Gasteiger partial charge < -0.3 is 4.90 Å². The summed E-state index contributed by atoms with van der Waals surface area (Å²) in [6, 6.07) is 10.1. The Hall–Kier alpha value is -1.28. The van der Waals surface area contributed by atoms with Gasteiger partial charge in [-0.3, -0.25) is 4.90 Å². The Morgan fingerprint density at radius 3 is 2.73 bits per heavy atom. The third kappa shape index (κ3) is 0.973. The summed E-state index contributed by atoms with van der Waals surface area (Å²) in [6.45, 7) is 2.47. The Labute approximate surface area is 132 Å². The second kappa shape index (κ2) is 3.46. The summed E-state index contributed by atoms with van der Waals surface area (Å²) < 4.78 is 0. The van der Waals surface area contributed by atoms with Gasteiger partial charge in [0.2, 0.25) is 0 Å². The van der Waals surface area contributed by atoms with Gasteiger partial charge in [0.1, 0.15) is 0 Å². The van der Waals surface area contributed by atoms with Crippen LogP contribution >= 0.6 is 0 Å². The van der Waals surface area contributed by atoms with Crippen LogP contribution in [-0.2, 0) is 5.41 Å². The minimum atomic E-state index is 0.388. The topological polar surface area (TPSA) is 6.48 Å². The van der Waals surface area contributed by atoms with Crippen LogP contribution in [0.15, 0.2) is 36.4 Å². The van der Waals surface area contributed by atoms with Gasteiger partial charge in [-0.25, -0.2) is 0 Å². The van der Waals surface area contributed by atoms with E-state index in [0.717, 1.165) is 6.04 Å². The Balaban J connectivity index is 1.71. The lowest BCUT2D eigenvalue weighted by molar-refractivity contribution is -0.0572. The number of hydrogen-bond donors (Lipinski definition) is 0. The molecule has 0 N–H and O–H groups in total. The van der Waals surface area contributed by atoms with E-state index in [2.05, 4.69) is 53.3 Å². The number of fused-ring (bicyclic) bond motifs is 3. The summed E-state index contributed by atoms with van der Waals surface area (Å²) >= 11 is 0. The standard InChI is InChI=1S/C20H24N2/c1-21-16-6-3-2-5-15(16)20-12-14-22-13-4-7-18(17(20)22)8-10-19(20,21)11-9-18/h2-7,17H,8-14H2,1H3/t17?,18?,19?,20-/m1/s1. The fourth-order valence-electron chi connectivity index (χ4n) is 7.51. The zero-order chi connectivity index (χ0) is 14.6. The fraction of sp³-hybridized carbons (Fsp3) is 0.600. The average molecular weight is 292 g/mol. The molecule has 2 bridgehead atoms. The van der Waals surface area contributed by atoms with Gasteiger partial charge >= 0.3 is 0 Å². The van der Waals surface area contributed by atoms with E-state index in [1.165, 1.54) is 50.9 Å². The van der Waals surface area contributed by atoms with Crippen molar-refractivity contribution in [2.75, 3.05) is 25.0 Å². The van der Waals surface area contributed by atoms with Crippen molar-refractivity contribution >= 4 is 5.69 Å². The molecule has 2 nitrogen and oxygen atoms in total. The van der Waals surface area contributed by atoms with Gasteiger partial charge in [-0.1, -0.05) is 30.4 Å². The first-order valence-corrected chi connectivity index (χ1v) is 8.99. The van der Waals surface area contributed by atoms with Gasteiger partial charge in [0.15, 0.2) is 0 Å². The molecule has 114 valence electrons. The van der Waals surface area contributed by atoms with Gasteiger partial charge in [-0.15, -0.1) is 0 Å². The highest BCUT2D eigenvalue weighted by Gasteiger charge is 2.75. The molecular weight excluding hydrogens is 268 g/mol. The molecule has 0 aromatic heterocycles. The largest absolute Gasteiger partial charge is 0.368 e. The molecule has 0 amide bonds. The molecule has 3 aliphatic carbocycles. The van der Waals surface area contributed by atoms with Crippen LogP contribution in [0.4, 0.5) is 5.69 Å². The predicted octanol–water partition coefficient (Wildman–Crippen LogP) is 3.33. The van der Waals surface area contributed by atoms with Gasteiger partial charge in [0, 0.05) is 36.2 Å². The van der Waals surface area contributed by atoms with Gasteiger partial charge in [0.25, 0.3) is 0 Å². The first kappa shape index (κ1) is 12.2. The molecule has 3 aliphatic heterocycles. The number of hydrogen-bond acceptors (Lipinski definition) is 2. The highest BCUT2D eigenvalue weighted by molar-refractivity contribution is 5.70. The number of para-hydroxylation sites is 1. The molecule has 1 unspecified atom stereocenters. The van der Waals surface area contributed by atoms with Crippen LogP contribution < -0.4 is 4.90 Å². The quantitative estimate of drug-likeness (QED) is 0.677. The number of benzene rings is 1. The van der Waals surface area contributed by atoms with Crippen molar-refractivity contribution in [1.82, 2.24) is 4.90 Å². The van der Waals surface area contributed by atoms with E-state index in [-0.39, 0.29) is 0 Å². The fourth-order valence-corrected chi connectivity index (χ4v) is 7.51. The lowest BCUT2D eigenvalue weighted by atomic mass is 9.42. The van der Waals surface area contributed by atoms with Crippen molar-refractivity contribution in [3.63, 3.8) is 0 Å². The van der Waals surface area contributed by atoms with E-state index in [9.17, 15) is 0 Å². The molecule has 1 aromatic rings. The maximum absolute atomic E-state index is 2.82. The maximum Gasteiger partial charge on any atom is 0.0512 e. The summed E-state index contributed by atoms with van der Waals surface area (Å²) in [5.41, 5.74) is 4.44. The first-order valence-electron chi connectivity index (χ1n) is 8.99. The SMILES string of the molecule is CN1c2ccccc2[C@@]23CCN4CC=CC5(CCC12CC5)C43. The van der Waals surface area contributed by atoms with E-state index < -0.39 is 0 Å². The summed E-state index contributed by atoms with van der Waals surface area (Å²) in [6.07, 6.45) is 12.0. The van der Waals surface area contributed by atoms with Crippen molar-refractivity contribution in [3.8, 4) is 0 Å².